The van der Waals surface area contributed by atoms with Gasteiger partial charge in [0.15, 0.2) is 0 Å². The Kier molecular flexibility index (Phi) is 5.53. The third-order valence-corrected chi connectivity index (χ3v) is 6.39. The highest BCUT2D eigenvalue weighted by atomic mass is 32.2. The van der Waals surface area contributed by atoms with Gasteiger partial charge in [-0.15, -0.1) is 0 Å². The minimum absolute atomic E-state index is 0.0596. The van der Waals surface area contributed by atoms with Crippen molar-refractivity contribution in [2.75, 3.05) is 24.5 Å². The van der Waals surface area contributed by atoms with E-state index in [4.69, 9.17) is 4.74 Å². The van der Waals surface area contributed by atoms with Crippen molar-refractivity contribution < 1.29 is 13.2 Å². The van der Waals surface area contributed by atoms with Crippen LogP contribution in [0.1, 0.15) is 20.8 Å². The number of hydrogen-bond donors (Lipinski definition) is 0. The zero-order chi connectivity index (χ0) is 18.7. The Bertz CT molecular complexity index is 820. The van der Waals surface area contributed by atoms with Crippen molar-refractivity contribution in [3.05, 3.63) is 54.6 Å². The van der Waals surface area contributed by atoms with Crippen molar-refractivity contribution in [1.29, 1.82) is 0 Å². The SMILES string of the molecule is CC(C)Oc1ccc(S(=O)(=O)N2CCN(c3ccccc3)C(C)C2)cc1. The Morgan fingerprint density at radius 1 is 1.00 bits per heavy atom. The minimum atomic E-state index is -3.49. The van der Waals surface area contributed by atoms with Crippen LogP contribution in [-0.4, -0.2) is 44.5 Å². The molecule has 0 aliphatic carbocycles. The van der Waals surface area contributed by atoms with Crippen LogP contribution in [0, 0.1) is 0 Å². The second kappa shape index (κ2) is 7.68. The number of anilines is 1. The van der Waals surface area contributed by atoms with Crippen molar-refractivity contribution in [2.24, 2.45) is 0 Å². The third kappa shape index (κ3) is 4.02. The van der Waals surface area contributed by atoms with Crippen LogP contribution in [0.5, 0.6) is 5.75 Å². The van der Waals surface area contributed by atoms with E-state index in [1.165, 1.54) is 0 Å². The van der Waals surface area contributed by atoms with Gasteiger partial charge in [-0.1, -0.05) is 18.2 Å². The summed E-state index contributed by atoms with van der Waals surface area (Å²) in [7, 11) is -3.49. The maximum atomic E-state index is 13.0. The van der Waals surface area contributed by atoms with Crippen LogP contribution in [-0.2, 0) is 10.0 Å². The monoisotopic (exact) mass is 374 g/mol. The van der Waals surface area contributed by atoms with Crippen LogP contribution >= 0.6 is 0 Å². The summed E-state index contributed by atoms with van der Waals surface area (Å²) in [6, 6.07) is 16.9. The fourth-order valence-corrected chi connectivity index (χ4v) is 4.77. The molecule has 1 aliphatic rings. The van der Waals surface area contributed by atoms with Gasteiger partial charge in [0.1, 0.15) is 5.75 Å². The number of nitrogens with zero attached hydrogens (tertiary/aromatic N) is 2. The van der Waals surface area contributed by atoms with Crippen molar-refractivity contribution in [3.8, 4) is 5.75 Å². The number of benzene rings is 2. The van der Waals surface area contributed by atoms with Gasteiger partial charge in [-0.05, 0) is 57.2 Å². The first-order chi connectivity index (χ1) is 12.4. The Morgan fingerprint density at radius 3 is 2.23 bits per heavy atom. The summed E-state index contributed by atoms with van der Waals surface area (Å²) >= 11 is 0. The van der Waals surface area contributed by atoms with Crippen LogP contribution in [0.25, 0.3) is 0 Å². The van der Waals surface area contributed by atoms with Crippen LogP contribution in [0.3, 0.4) is 0 Å². The van der Waals surface area contributed by atoms with Crippen LogP contribution in [0.4, 0.5) is 5.69 Å². The molecule has 2 aromatic rings. The lowest BCUT2D eigenvalue weighted by Gasteiger charge is -2.40. The molecule has 1 unspecified atom stereocenters. The van der Waals surface area contributed by atoms with E-state index in [-0.39, 0.29) is 12.1 Å². The summed E-state index contributed by atoms with van der Waals surface area (Å²) in [5.74, 6) is 0.682. The molecule has 5 nitrogen and oxygen atoms in total. The van der Waals surface area contributed by atoms with E-state index in [0.29, 0.717) is 30.3 Å². The zero-order valence-corrected chi connectivity index (χ0v) is 16.3. The van der Waals surface area contributed by atoms with E-state index >= 15 is 0 Å². The fourth-order valence-electron chi connectivity index (χ4n) is 3.26. The maximum Gasteiger partial charge on any atom is 0.243 e. The van der Waals surface area contributed by atoms with Crippen molar-refractivity contribution in [1.82, 2.24) is 4.31 Å². The first-order valence-electron chi connectivity index (χ1n) is 8.96. The molecule has 1 atom stereocenters. The quantitative estimate of drug-likeness (QED) is 0.805. The number of para-hydroxylation sites is 1. The summed E-state index contributed by atoms with van der Waals surface area (Å²) < 4.78 is 33.1. The molecule has 140 valence electrons. The number of ether oxygens (including phenoxy) is 1. The average molecular weight is 375 g/mol. The molecule has 26 heavy (non-hydrogen) atoms. The molecule has 0 bridgehead atoms. The smallest absolute Gasteiger partial charge is 0.243 e. The topological polar surface area (TPSA) is 49.9 Å². The lowest BCUT2D eigenvalue weighted by molar-refractivity contribution is 0.242. The van der Waals surface area contributed by atoms with Gasteiger partial charge in [0.25, 0.3) is 0 Å². The van der Waals surface area contributed by atoms with Gasteiger partial charge in [-0.3, -0.25) is 0 Å². The van der Waals surface area contributed by atoms with E-state index in [2.05, 4.69) is 24.0 Å². The molecule has 1 heterocycles. The lowest BCUT2D eigenvalue weighted by atomic mass is 10.2. The van der Waals surface area contributed by atoms with Crippen LogP contribution in [0.15, 0.2) is 59.5 Å². The molecule has 3 rings (SSSR count). The van der Waals surface area contributed by atoms with Gasteiger partial charge in [0.2, 0.25) is 10.0 Å². The summed E-state index contributed by atoms with van der Waals surface area (Å²) in [6.07, 6.45) is 0.0596. The first kappa shape index (κ1) is 18.7. The molecule has 0 aromatic heterocycles. The van der Waals surface area contributed by atoms with Gasteiger partial charge < -0.3 is 9.64 Å². The predicted molar refractivity (Wildman–Crippen MR) is 104 cm³/mol. The molecular formula is C20H26N2O3S. The van der Waals surface area contributed by atoms with Crippen molar-refractivity contribution in [3.63, 3.8) is 0 Å². The fraction of sp³-hybridized carbons (Fsp3) is 0.400. The molecular weight excluding hydrogens is 348 g/mol. The highest BCUT2D eigenvalue weighted by Crippen LogP contribution is 2.25. The van der Waals surface area contributed by atoms with Crippen LogP contribution < -0.4 is 9.64 Å². The zero-order valence-electron chi connectivity index (χ0n) is 15.5. The molecule has 6 heteroatoms. The highest BCUT2D eigenvalue weighted by molar-refractivity contribution is 7.89. The van der Waals surface area contributed by atoms with E-state index in [9.17, 15) is 8.42 Å². The molecule has 0 saturated carbocycles. The average Bonchev–Trinajstić information content (AvgIpc) is 2.62. The number of sulfonamides is 1. The lowest BCUT2D eigenvalue weighted by Crippen LogP contribution is -2.53. The molecule has 1 saturated heterocycles. The minimum Gasteiger partial charge on any atom is -0.491 e. The molecule has 0 spiro atoms. The van der Waals surface area contributed by atoms with Gasteiger partial charge in [0, 0.05) is 31.4 Å². The highest BCUT2D eigenvalue weighted by Gasteiger charge is 2.32. The predicted octanol–water partition coefficient (Wildman–Crippen LogP) is 3.37. The van der Waals surface area contributed by atoms with Crippen molar-refractivity contribution in [2.45, 2.75) is 37.8 Å². The Labute approximate surface area is 156 Å². The summed E-state index contributed by atoms with van der Waals surface area (Å²) in [5, 5.41) is 0. The molecule has 1 aliphatic heterocycles. The number of rotatable bonds is 5. The number of hydrogen-bond acceptors (Lipinski definition) is 4. The molecule has 0 radical (unpaired) electrons. The summed E-state index contributed by atoms with van der Waals surface area (Å²) in [6.45, 7) is 7.58. The van der Waals surface area contributed by atoms with Gasteiger partial charge in [-0.25, -0.2) is 8.42 Å². The summed E-state index contributed by atoms with van der Waals surface area (Å²) in [4.78, 5) is 2.57. The van der Waals surface area contributed by atoms with Crippen molar-refractivity contribution >= 4 is 15.7 Å². The van der Waals surface area contributed by atoms with Gasteiger partial charge in [-0.2, -0.15) is 4.31 Å². The number of piperazine rings is 1. The van der Waals surface area contributed by atoms with E-state index in [1.54, 1.807) is 28.6 Å². The Morgan fingerprint density at radius 2 is 1.65 bits per heavy atom. The standard InChI is InChI=1S/C20H26N2O3S/c1-16(2)25-19-9-11-20(12-10-19)26(23,24)21-13-14-22(17(3)15-21)18-7-5-4-6-8-18/h4-12,16-17H,13-15H2,1-3H3. The van der Waals surface area contributed by atoms with E-state index in [0.717, 1.165) is 5.69 Å². The first-order valence-corrected chi connectivity index (χ1v) is 10.4. The Hall–Kier alpha value is -2.05. The van der Waals surface area contributed by atoms with Crippen LogP contribution in [0.2, 0.25) is 0 Å². The Balaban J connectivity index is 1.73. The molecule has 1 fully saturated rings. The third-order valence-electron chi connectivity index (χ3n) is 4.51. The molecule has 0 amide bonds. The van der Waals surface area contributed by atoms with E-state index < -0.39 is 10.0 Å². The normalized spacial score (nSPS) is 18.9. The largest absolute Gasteiger partial charge is 0.491 e. The molecule has 2 aromatic carbocycles. The maximum absolute atomic E-state index is 13.0. The van der Waals surface area contributed by atoms with E-state index in [1.807, 2.05) is 32.0 Å². The van der Waals surface area contributed by atoms with Gasteiger partial charge in [0.05, 0.1) is 11.0 Å². The summed E-state index contributed by atoms with van der Waals surface area (Å²) in [5.41, 5.74) is 1.13. The second-order valence-corrected chi connectivity index (χ2v) is 8.82. The molecule has 0 N–H and O–H groups in total. The second-order valence-electron chi connectivity index (χ2n) is 6.88. The van der Waals surface area contributed by atoms with Gasteiger partial charge >= 0.3 is 0 Å².